The van der Waals surface area contributed by atoms with Crippen LogP contribution in [0.2, 0.25) is 0 Å². The number of aromatic amines is 1. The third kappa shape index (κ3) is 6.75. The smallest absolute Gasteiger partial charge is 0.398 e. The minimum absolute atomic E-state index is 0.0488. The number of hydrogen-bond acceptors (Lipinski definition) is 11. The summed E-state index contributed by atoms with van der Waals surface area (Å²) in [5.41, 5.74) is -0.103. The van der Waals surface area contributed by atoms with E-state index in [4.69, 9.17) is 32.5 Å². The first-order valence-electron chi connectivity index (χ1n) is 15.8. The Hall–Kier alpha value is -5.37. The molecule has 7 rings (SSSR count). The Labute approximate surface area is 292 Å². The van der Waals surface area contributed by atoms with E-state index in [1.165, 1.54) is 41.1 Å². The molecule has 2 saturated heterocycles. The summed E-state index contributed by atoms with van der Waals surface area (Å²) >= 11 is 0. The number of benzene rings is 4. The molecular formula is C36H32N3O11P. The minimum atomic E-state index is -2.04. The largest absolute Gasteiger partial charge is 0.497 e. The fraction of sp³-hybridized carbons (Fsp3) is 0.222. The van der Waals surface area contributed by atoms with E-state index in [2.05, 4.69) is 4.98 Å². The van der Waals surface area contributed by atoms with Crippen molar-refractivity contribution in [1.29, 1.82) is 0 Å². The van der Waals surface area contributed by atoms with Gasteiger partial charge in [-0.25, -0.2) is 4.79 Å². The number of rotatable bonds is 12. The van der Waals surface area contributed by atoms with E-state index < -0.39 is 54.9 Å². The van der Waals surface area contributed by atoms with Gasteiger partial charge in [0.15, 0.2) is 6.23 Å². The van der Waals surface area contributed by atoms with Crippen molar-refractivity contribution >= 4 is 14.3 Å². The zero-order chi connectivity index (χ0) is 35.5. The van der Waals surface area contributed by atoms with Crippen molar-refractivity contribution < 1.29 is 37.4 Å². The van der Waals surface area contributed by atoms with Gasteiger partial charge in [0.1, 0.15) is 41.2 Å². The second kappa shape index (κ2) is 14.5. The van der Waals surface area contributed by atoms with E-state index in [-0.39, 0.29) is 12.3 Å². The number of aromatic nitrogens is 2. The molecule has 0 radical (unpaired) electrons. The van der Waals surface area contributed by atoms with Crippen LogP contribution >= 0.6 is 8.60 Å². The maximum Gasteiger partial charge on any atom is 0.398 e. The highest BCUT2D eigenvalue weighted by Crippen LogP contribution is 2.56. The first kappa shape index (κ1) is 34.1. The molecule has 1 unspecified atom stereocenters. The summed E-state index contributed by atoms with van der Waals surface area (Å²) in [6.45, 7) is -0.0488. The van der Waals surface area contributed by atoms with Crippen LogP contribution in [0.25, 0.3) is 0 Å². The van der Waals surface area contributed by atoms with Crippen LogP contribution in [0, 0.1) is 10.1 Å². The molecule has 2 aliphatic heterocycles. The first-order chi connectivity index (χ1) is 24.8. The summed E-state index contributed by atoms with van der Waals surface area (Å²) < 4.78 is 44.1. The van der Waals surface area contributed by atoms with Crippen molar-refractivity contribution in [3.05, 3.63) is 163 Å². The lowest BCUT2D eigenvalue weighted by molar-refractivity contribution is -0.384. The lowest BCUT2D eigenvalue weighted by atomic mass is 9.80. The van der Waals surface area contributed by atoms with Gasteiger partial charge in [0.05, 0.1) is 25.7 Å². The summed E-state index contributed by atoms with van der Waals surface area (Å²) in [7, 11) is 1.16. The average Bonchev–Trinajstić information content (AvgIpc) is 3.72. The summed E-state index contributed by atoms with van der Waals surface area (Å²) in [5, 5.41) is 11.1. The monoisotopic (exact) mass is 713 g/mol. The SMILES string of the molecule is COc1ccc(C(OC[C@H]2O[C@@H](n3ccc(=O)[nH]c3=O)[C@@H]3OP(Oc4ccc([N+](=O)[O-])cc4)O[C@@H]32)(c2ccccc2)c2ccc(OC)cc2)cc1. The molecule has 262 valence electrons. The number of nitrogens with zero attached hydrogens (tertiary/aromatic N) is 2. The zero-order valence-electron chi connectivity index (χ0n) is 27.3. The second-order valence-electron chi connectivity index (χ2n) is 11.6. The van der Waals surface area contributed by atoms with Crippen LogP contribution in [-0.2, 0) is 24.1 Å². The molecule has 0 amide bonds. The van der Waals surface area contributed by atoms with Crippen molar-refractivity contribution in [3.8, 4) is 17.2 Å². The summed E-state index contributed by atoms with van der Waals surface area (Å²) in [5.74, 6) is 1.63. The quantitative estimate of drug-likeness (QED) is 0.0757. The second-order valence-corrected chi connectivity index (χ2v) is 12.7. The van der Waals surface area contributed by atoms with Gasteiger partial charge in [-0.15, -0.1) is 0 Å². The lowest BCUT2D eigenvalue weighted by Crippen LogP contribution is -2.39. The highest BCUT2D eigenvalue weighted by atomic mass is 31.2. The van der Waals surface area contributed by atoms with Crippen molar-refractivity contribution in [3.63, 3.8) is 0 Å². The predicted octanol–water partition coefficient (Wildman–Crippen LogP) is 5.46. The van der Waals surface area contributed by atoms with Crippen LogP contribution < -0.4 is 25.2 Å². The Balaban J connectivity index is 1.25. The molecule has 14 nitrogen and oxygen atoms in total. The highest BCUT2D eigenvalue weighted by Gasteiger charge is 2.56. The van der Waals surface area contributed by atoms with E-state index in [1.807, 2.05) is 78.9 Å². The van der Waals surface area contributed by atoms with Crippen molar-refractivity contribution in [1.82, 2.24) is 9.55 Å². The molecule has 0 saturated carbocycles. The van der Waals surface area contributed by atoms with Crippen molar-refractivity contribution in [2.75, 3.05) is 20.8 Å². The highest BCUT2D eigenvalue weighted by molar-refractivity contribution is 7.42. The number of nitrogens with one attached hydrogen (secondary N) is 1. The van der Waals surface area contributed by atoms with E-state index in [0.717, 1.165) is 16.7 Å². The molecule has 51 heavy (non-hydrogen) atoms. The summed E-state index contributed by atoms with van der Waals surface area (Å²) in [4.78, 5) is 37.8. The maximum absolute atomic E-state index is 13.0. The van der Waals surface area contributed by atoms with Gasteiger partial charge in [0.2, 0.25) is 0 Å². The molecule has 3 heterocycles. The van der Waals surface area contributed by atoms with Gasteiger partial charge in [-0.3, -0.25) is 33.5 Å². The minimum Gasteiger partial charge on any atom is -0.497 e. The van der Waals surface area contributed by atoms with Crippen LogP contribution in [-0.4, -0.2) is 53.6 Å². The summed E-state index contributed by atoms with van der Waals surface area (Å²) in [6.07, 6.45) is -2.12. The number of H-pyrrole nitrogens is 1. The Bertz CT molecular complexity index is 2040. The molecule has 5 atom stereocenters. The molecular weight excluding hydrogens is 681 g/mol. The number of nitro groups is 1. The van der Waals surface area contributed by atoms with Crippen molar-refractivity contribution in [2.24, 2.45) is 0 Å². The first-order valence-corrected chi connectivity index (χ1v) is 16.9. The van der Waals surface area contributed by atoms with Gasteiger partial charge in [-0.05, 0) is 53.1 Å². The van der Waals surface area contributed by atoms with Gasteiger partial charge in [0, 0.05) is 24.4 Å². The molecule has 5 aromatic rings. The van der Waals surface area contributed by atoms with Crippen LogP contribution in [0.5, 0.6) is 17.2 Å². The standard InChI is InChI=1S/C36H32N3O11P/c1-44-27-14-8-24(9-15-27)36(23-6-4-3-5-7-23,25-10-16-28(45-2)17-11-25)46-22-30-32-33(34(47-30)38-21-20-31(40)37-35(38)41)50-51(49-32)48-29-18-12-26(13-19-29)39(42)43/h3-21,30,32-34H,22H2,1-2H3,(H,37,40,41)/t30-,32-,33-,34-,51?/m1/s1. The number of nitro benzene ring substituents is 1. The van der Waals surface area contributed by atoms with Crippen molar-refractivity contribution in [2.45, 2.75) is 30.1 Å². The molecule has 4 aromatic carbocycles. The lowest BCUT2D eigenvalue weighted by Gasteiger charge is -2.37. The van der Waals surface area contributed by atoms with E-state index in [9.17, 15) is 19.7 Å². The molecule has 0 aliphatic carbocycles. The summed E-state index contributed by atoms with van der Waals surface area (Å²) in [6, 6.07) is 31.6. The Morgan fingerprint density at radius 2 is 1.35 bits per heavy atom. The van der Waals surface area contributed by atoms with Crippen LogP contribution in [0.15, 0.2) is 125 Å². The number of hydrogen-bond donors (Lipinski definition) is 1. The van der Waals surface area contributed by atoms with Gasteiger partial charge in [0.25, 0.3) is 11.2 Å². The molecule has 0 bridgehead atoms. The number of methoxy groups -OCH3 is 2. The Morgan fingerprint density at radius 1 is 0.784 bits per heavy atom. The third-order valence-corrected chi connectivity index (χ3v) is 9.88. The molecule has 2 fully saturated rings. The van der Waals surface area contributed by atoms with Crippen LogP contribution in [0.4, 0.5) is 5.69 Å². The number of non-ortho nitro benzene ring substituents is 1. The predicted molar refractivity (Wildman–Crippen MR) is 184 cm³/mol. The number of fused-ring (bicyclic) bond motifs is 1. The molecule has 1 N–H and O–H groups in total. The average molecular weight is 714 g/mol. The van der Waals surface area contributed by atoms with Gasteiger partial charge < -0.3 is 23.5 Å². The van der Waals surface area contributed by atoms with E-state index in [1.54, 1.807) is 14.2 Å². The van der Waals surface area contributed by atoms with Gasteiger partial charge in [-0.2, -0.15) is 0 Å². The Morgan fingerprint density at radius 3 is 1.92 bits per heavy atom. The number of ether oxygens (including phenoxy) is 4. The molecule has 2 aliphatic rings. The van der Waals surface area contributed by atoms with Gasteiger partial charge in [-0.1, -0.05) is 54.6 Å². The normalized spacial score (nSPS) is 21.2. The van der Waals surface area contributed by atoms with Crippen LogP contribution in [0.1, 0.15) is 22.9 Å². The topological polar surface area (TPSA) is 163 Å². The van der Waals surface area contributed by atoms with Gasteiger partial charge >= 0.3 is 14.3 Å². The third-order valence-electron chi connectivity index (χ3n) is 8.69. The molecule has 1 aromatic heterocycles. The van der Waals surface area contributed by atoms with Crippen LogP contribution in [0.3, 0.4) is 0 Å². The zero-order valence-corrected chi connectivity index (χ0v) is 28.2. The molecule has 0 spiro atoms. The maximum atomic E-state index is 13.0. The fourth-order valence-corrected chi connectivity index (χ4v) is 7.50. The Kier molecular flexibility index (Phi) is 9.67. The van der Waals surface area contributed by atoms with E-state index in [0.29, 0.717) is 17.2 Å². The molecule has 15 heteroatoms. The fourth-order valence-electron chi connectivity index (χ4n) is 6.20. The van der Waals surface area contributed by atoms with E-state index >= 15 is 0 Å².